The van der Waals surface area contributed by atoms with Gasteiger partial charge in [0.1, 0.15) is 0 Å². The monoisotopic (exact) mass is 280 g/mol. The van der Waals surface area contributed by atoms with Crippen molar-refractivity contribution in [1.29, 1.82) is 0 Å². The van der Waals surface area contributed by atoms with Crippen molar-refractivity contribution in [3.8, 4) is 0 Å². The average molecular weight is 279 g/mol. The molecule has 0 aromatic heterocycles. The summed E-state index contributed by atoms with van der Waals surface area (Å²) in [5.74, 6) is 0. The van der Waals surface area contributed by atoms with Crippen molar-refractivity contribution < 1.29 is 0 Å². The third-order valence-electron chi connectivity index (χ3n) is 0.770. The van der Waals surface area contributed by atoms with Crippen molar-refractivity contribution in [2.24, 2.45) is 0 Å². The molecule has 0 amide bonds. The topological polar surface area (TPSA) is 0 Å². The third-order valence-corrected chi connectivity index (χ3v) is 2.31. The first kappa shape index (κ1) is 14.5. The molecule has 0 aliphatic heterocycles. The van der Waals surface area contributed by atoms with Crippen molar-refractivity contribution >= 4 is 29.3 Å². The molecule has 0 aromatic carbocycles. The average Bonchev–Trinajstić information content (AvgIpc) is 1.56. The SMILES string of the molecule is CC(C)[SiH]C(C)C.[CH3][Sn]([CH3])[CH3]. The van der Waals surface area contributed by atoms with E-state index in [1.807, 2.05) is 0 Å². The molecule has 0 saturated heterocycles. The molecule has 2 radical (unpaired) electrons. The van der Waals surface area contributed by atoms with Gasteiger partial charge in [-0.05, 0) is 0 Å². The van der Waals surface area contributed by atoms with E-state index in [-0.39, 0.29) is 0 Å². The fourth-order valence-electron chi connectivity index (χ4n) is 0.770. The van der Waals surface area contributed by atoms with Gasteiger partial charge in [0.25, 0.3) is 0 Å². The van der Waals surface area contributed by atoms with E-state index < -0.39 is 19.8 Å². The fraction of sp³-hybridized carbons (Fsp3) is 1.00. The minimum absolute atomic E-state index is 0.543. The van der Waals surface area contributed by atoms with Crippen molar-refractivity contribution in [3.05, 3.63) is 0 Å². The first-order valence-corrected chi connectivity index (χ1v) is 14.4. The number of rotatable bonds is 2. The first-order valence-electron chi connectivity index (χ1n) is 4.48. The molecule has 0 aromatic rings. The standard InChI is InChI=1S/C6H15Si.3CH3.Sn/c1-5(2)7-6(3)4;;;;/h5-7H,1-4H3;3*1H3;. The van der Waals surface area contributed by atoms with Gasteiger partial charge in [0.2, 0.25) is 0 Å². The number of hydrogen-bond donors (Lipinski definition) is 0. The van der Waals surface area contributed by atoms with E-state index in [1.165, 1.54) is 0 Å². The van der Waals surface area contributed by atoms with E-state index in [4.69, 9.17) is 0 Å². The Kier molecular flexibility index (Phi) is 12.0. The summed E-state index contributed by atoms with van der Waals surface area (Å²) in [4.78, 5) is 7.09. The van der Waals surface area contributed by atoms with Gasteiger partial charge in [-0.3, -0.25) is 0 Å². The molecule has 0 aliphatic rings. The van der Waals surface area contributed by atoms with Crippen molar-refractivity contribution in [2.45, 2.75) is 53.6 Å². The predicted octanol–water partition coefficient (Wildman–Crippen LogP) is 3.45. The van der Waals surface area contributed by atoms with Crippen LogP contribution in [0.25, 0.3) is 0 Å². The predicted molar refractivity (Wildman–Crippen MR) is 60.7 cm³/mol. The second kappa shape index (κ2) is 9.11. The van der Waals surface area contributed by atoms with Crippen LogP contribution in [0.3, 0.4) is 0 Å². The molecular formula is C9H24SiSn. The Bertz CT molecular complexity index is 61.2. The quantitative estimate of drug-likeness (QED) is 0.679. The van der Waals surface area contributed by atoms with E-state index in [0.29, 0.717) is 9.52 Å². The molecule has 11 heavy (non-hydrogen) atoms. The Morgan fingerprint density at radius 2 is 1.00 bits per heavy atom. The van der Waals surface area contributed by atoms with Crippen LogP contribution in [-0.4, -0.2) is 29.3 Å². The summed E-state index contributed by atoms with van der Waals surface area (Å²) in [6, 6.07) is 0. The molecule has 0 unspecified atom stereocenters. The summed E-state index contributed by atoms with van der Waals surface area (Å²) in [5, 5.41) is 0. The molecule has 0 heterocycles. The van der Waals surface area contributed by atoms with Gasteiger partial charge in [0.05, 0.1) is 0 Å². The van der Waals surface area contributed by atoms with Gasteiger partial charge in [0, 0.05) is 9.52 Å². The van der Waals surface area contributed by atoms with E-state index in [9.17, 15) is 0 Å². The van der Waals surface area contributed by atoms with E-state index >= 15 is 0 Å². The zero-order valence-corrected chi connectivity index (χ0v) is 13.2. The van der Waals surface area contributed by atoms with Crippen LogP contribution in [0.1, 0.15) is 27.7 Å². The molecule has 2 heteroatoms. The molecule has 0 spiro atoms. The van der Waals surface area contributed by atoms with Gasteiger partial charge in [0.15, 0.2) is 0 Å². The zero-order chi connectivity index (χ0) is 9.44. The summed E-state index contributed by atoms with van der Waals surface area (Å²) in [6.07, 6.45) is 0. The Morgan fingerprint density at radius 1 is 0.818 bits per heavy atom. The molecule has 0 atom stereocenters. The zero-order valence-electron chi connectivity index (χ0n) is 9.23. The van der Waals surface area contributed by atoms with Crippen LogP contribution in [-0.2, 0) is 0 Å². The molecule has 0 saturated carbocycles. The molecule has 0 bridgehead atoms. The molecule has 68 valence electrons. The normalized spacial score (nSPS) is 10.4. The molecule has 0 N–H and O–H groups in total. The Labute approximate surface area is 82.7 Å². The van der Waals surface area contributed by atoms with Crippen LogP contribution in [0.2, 0.25) is 25.9 Å². The van der Waals surface area contributed by atoms with E-state index in [1.54, 1.807) is 0 Å². The van der Waals surface area contributed by atoms with Gasteiger partial charge in [-0.2, -0.15) is 0 Å². The van der Waals surface area contributed by atoms with Crippen LogP contribution in [0, 0.1) is 0 Å². The van der Waals surface area contributed by atoms with Crippen LogP contribution >= 0.6 is 0 Å². The first-order chi connectivity index (χ1) is 4.86. The molecule has 0 aliphatic carbocycles. The van der Waals surface area contributed by atoms with Crippen molar-refractivity contribution in [1.82, 2.24) is 0 Å². The second-order valence-electron chi connectivity index (χ2n) is 4.18. The van der Waals surface area contributed by atoms with Gasteiger partial charge >= 0.3 is 34.6 Å². The van der Waals surface area contributed by atoms with Crippen LogP contribution < -0.4 is 0 Å². The molecule has 0 fully saturated rings. The summed E-state index contributed by atoms with van der Waals surface area (Å²) in [7, 11) is 0.713. The third kappa shape index (κ3) is 35.6. The van der Waals surface area contributed by atoms with Crippen molar-refractivity contribution in [3.63, 3.8) is 0 Å². The van der Waals surface area contributed by atoms with E-state index in [2.05, 4.69) is 42.5 Å². The molecular weight excluding hydrogens is 255 g/mol. The Morgan fingerprint density at radius 3 is 1.00 bits per heavy atom. The Balaban J connectivity index is 0. The van der Waals surface area contributed by atoms with Crippen LogP contribution in [0.5, 0.6) is 0 Å². The summed E-state index contributed by atoms with van der Waals surface area (Å²) >= 11 is -0.543. The van der Waals surface area contributed by atoms with Gasteiger partial charge in [-0.15, -0.1) is 0 Å². The summed E-state index contributed by atoms with van der Waals surface area (Å²) in [6.45, 7) is 9.20. The second-order valence-corrected chi connectivity index (χ2v) is 15.8. The number of hydrogen-bond acceptors (Lipinski definition) is 0. The van der Waals surface area contributed by atoms with Crippen LogP contribution in [0.4, 0.5) is 0 Å². The van der Waals surface area contributed by atoms with Crippen molar-refractivity contribution in [2.75, 3.05) is 0 Å². The molecule has 0 nitrogen and oxygen atoms in total. The van der Waals surface area contributed by atoms with Crippen LogP contribution in [0.15, 0.2) is 0 Å². The maximum atomic E-state index is 2.36. The summed E-state index contributed by atoms with van der Waals surface area (Å²) < 4.78 is 0. The fourth-order valence-corrected chi connectivity index (χ4v) is 2.31. The van der Waals surface area contributed by atoms with E-state index in [0.717, 1.165) is 11.1 Å². The van der Waals surface area contributed by atoms with Gasteiger partial charge in [-0.1, -0.05) is 38.8 Å². The minimum atomic E-state index is -0.543. The maximum absolute atomic E-state index is 2.36. The summed E-state index contributed by atoms with van der Waals surface area (Å²) in [5.41, 5.74) is 1.92. The molecule has 0 rings (SSSR count). The Hall–Kier alpha value is 1.02. The van der Waals surface area contributed by atoms with Gasteiger partial charge < -0.3 is 0 Å². The van der Waals surface area contributed by atoms with Gasteiger partial charge in [-0.25, -0.2) is 0 Å².